The monoisotopic (exact) mass is 217 g/mol. The summed E-state index contributed by atoms with van der Waals surface area (Å²) in [6.07, 6.45) is 6.23. The molecule has 0 unspecified atom stereocenters. The van der Waals surface area contributed by atoms with Crippen LogP contribution in [-0.2, 0) is 7.05 Å². The molecule has 2 aromatic heterocycles. The van der Waals surface area contributed by atoms with Gasteiger partial charge >= 0.3 is 0 Å². The van der Waals surface area contributed by atoms with Crippen molar-refractivity contribution in [1.29, 1.82) is 0 Å². The van der Waals surface area contributed by atoms with Crippen molar-refractivity contribution in [3.63, 3.8) is 0 Å². The van der Waals surface area contributed by atoms with E-state index in [-0.39, 0.29) is 5.91 Å². The number of amides is 1. The minimum atomic E-state index is -0.293. The number of rotatable bonds is 2. The van der Waals surface area contributed by atoms with Gasteiger partial charge in [-0.2, -0.15) is 0 Å². The molecule has 6 nitrogen and oxygen atoms in total. The number of hydrogen-bond donors (Lipinski definition) is 2. The average Bonchev–Trinajstić information content (AvgIpc) is 2.68. The quantitative estimate of drug-likeness (QED) is 0.773. The fraction of sp³-hybridized carbons (Fsp3) is 0.100. The van der Waals surface area contributed by atoms with E-state index in [0.29, 0.717) is 17.1 Å². The summed E-state index contributed by atoms with van der Waals surface area (Å²) in [5.74, 6) is -0.293. The maximum absolute atomic E-state index is 11.7. The minimum absolute atomic E-state index is 0.293. The summed E-state index contributed by atoms with van der Waals surface area (Å²) in [6.45, 7) is 0. The van der Waals surface area contributed by atoms with E-state index < -0.39 is 0 Å². The van der Waals surface area contributed by atoms with Crippen LogP contribution in [0.1, 0.15) is 10.5 Å². The van der Waals surface area contributed by atoms with Gasteiger partial charge in [0.25, 0.3) is 5.91 Å². The molecule has 0 saturated heterocycles. The maximum Gasteiger partial charge on any atom is 0.275 e. The van der Waals surface area contributed by atoms with E-state index in [4.69, 9.17) is 5.73 Å². The van der Waals surface area contributed by atoms with E-state index >= 15 is 0 Å². The molecule has 2 rings (SSSR count). The summed E-state index contributed by atoms with van der Waals surface area (Å²) in [4.78, 5) is 19.5. The van der Waals surface area contributed by atoms with Crippen molar-refractivity contribution in [1.82, 2.24) is 14.5 Å². The van der Waals surface area contributed by atoms with Crippen molar-refractivity contribution in [2.45, 2.75) is 0 Å². The van der Waals surface area contributed by atoms with E-state index in [1.807, 2.05) is 0 Å². The molecule has 1 amide bonds. The predicted octanol–water partition coefficient (Wildman–Crippen LogP) is 0.650. The standard InChI is InChI=1S/C10H11N5O/c1-15-5-9(13-6-15)10(16)14-8-2-3-12-4-7(8)11/h2-6H,11H2,1H3,(H,12,14,16). The molecule has 82 valence electrons. The highest BCUT2D eigenvalue weighted by molar-refractivity contribution is 6.04. The molecule has 2 aromatic rings. The van der Waals surface area contributed by atoms with Crippen LogP contribution in [0.2, 0.25) is 0 Å². The van der Waals surface area contributed by atoms with Gasteiger partial charge < -0.3 is 15.6 Å². The number of aromatic nitrogens is 3. The van der Waals surface area contributed by atoms with Crippen LogP contribution < -0.4 is 11.1 Å². The van der Waals surface area contributed by atoms with Gasteiger partial charge in [-0.25, -0.2) is 4.98 Å². The number of nitrogens with one attached hydrogen (secondary N) is 1. The molecule has 0 bridgehead atoms. The van der Waals surface area contributed by atoms with Crippen molar-refractivity contribution in [2.75, 3.05) is 11.1 Å². The van der Waals surface area contributed by atoms with Gasteiger partial charge in [0.05, 0.1) is 23.9 Å². The van der Waals surface area contributed by atoms with Crippen molar-refractivity contribution in [3.05, 3.63) is 36.7 Å². The third kappa shape index (κ3) is 2.00. The molecule has 6 heteroatoms. The van der Waals surface area contributed by atoms with Crippen molar-refractivity contribution in [3.8, 4) is 0 Å². The number of carbonyl (C=O) groups is 1. The summed E-state index contributed by atoms with van der Waals surface area (Å²) in [5, 5.41) is 2.66. The van der Waals surface area contributed by atoms with Gasteiger partial charge in [0.15, 0.2) is 0 Å². The third-order valence-electron chi connectivity index (χ3n) is 2.04. The van der Waals surface area contributed by atoms with Gasteiger partial charge in [0.1, 0.15) is 5.69 Å². The lowest BCUT2D eigenvalue weighted by Gasteiger charge is -2.05. The lowest BCUT2D eigenvalue weighted by atomic mass is 10.3. The summed E-state index contributed by atoms with van der Waals surface area (Å²) < 4.78 is 1.70. The highest BCUT2D eigenvalue weighted by Crippen LogP contribution is 2.15. The Bertz CT molecular complexity index is 519. The third-order valence-corrected chi connectivity index (χ3v) is 2.04. The second-order valence-corrected chi connectivity index (χ2v) is 3.34. The topological polar surface area (TPSA) is 85.8 Å². The number of anilines is 2. The first-order valence-corrected chi connectivity index (χ1v) is 4.65. The van der Waals surface area contributed by atoms with Crippen LogP contribution >= 0.6 is 0 Å². The fourth-order valence-electron chi connectivity index (χ4n) is 1.24. The first-order chi connectivity index (χ1) is 7.66. The summed E-state index contributed by atoms with van der Waals surface area (Å²) in [6, 6.07) is 1.64. The highest BCUT2D eigenvalue weighted by atomic mass is 16.1. The van der Waals surface area contributed by atoms with Gasteiger partial charge in [0.2, 0.25) is 0 Å². The Morgan fingerprint density at radius 2 is 2.38 bits per heavy atom. The number of nitrogens with two attached hydrogens (primary N) is 1. The maximum atomic E-state index is 11.7. The molecular weight excluding hydrogens is 206 g/mol. The smallest absolute Gasteiger partial charge is 0.275 e. The Morgan fingerprint density at radius 1 is 1.56 bits per heavy atom. The fourth-order valence-corrected chi connectivity index (χ4v) is 1.24. The van der Waals surface area contributed by atoms with Crippen LogP contribution in [0.4, 0.5) is 11.4 Å². The van der Waals surface area contributed by atoms with Gasteiger partial charge in [0, 0.05) is 19.4 Å². The van der Waals surface area contributed by atoms with Gasteiger partial charge in [-0.3, -0.25) is 9.78 Å². The van der Waals surface area contributed by atoms with Crippen LogP contribution in [0, 0.1) is 0 Å². The van der Waals surface area contributed by atoms with E-state index in [2.05, 4.69) is 15.3 Å². The number of aryl methyl sites for hydroxylation is 1. The van der Waals surface area contributed by atoms with E-state index in [9.17, 15) is 4.79 Å². The number of nitrogens with zero attached hydrogens (tertiary/aromatic N) is 3. The molecule has 2 heterocycles. The zero-order valence-corrected chi connectivity index (χ0v) is 8.71. The molecule has 0 aliphatic carbocycles. The number of imidazole rings is 1. The summed E-state index contributed by atoms with van der Waals surface area (Å²) in [5.41, 5.74) is 6.95. The van der Waals surface area contributed by atoms with Gasteiger partial charge in [-0.15, -0.1) is 0 Å². The molecule has 0 spiro atoms. The summed E-state index contributed by atoms with van der Waals surface area (Å²) in [7, 11) is 1.80. The van der Waals surface area contributed by atoms with Crippen LogP contribution in [0.5, 0.6) is 0 Å². The normalized spacial score (nSPS) is 10.1. The van der Waals surface area contributed by atoms with Crippen molar-refractivity contribution in [2.24, 2.45) is 7.05 Å². The molecular formula is C10H11N5O. The Morgan fingerprint density at radius 3 is 3.00 bits per heavy atom. The Balaban J connectivity index is 2.17. The first-order valence-electron chi connectivity index (χ1n) is 4.65. The number of hydrogen-bond acceptors (Lipinski definition) is 4. The second kappa shape index (κ2) is 4.01. The molecule has 0 fully saturated rings. The predicted molar refractivity (Wildman–Crippen MR) is 59.8 cm³/mol. The lowest BCUT2D eigenvalue weighted by molar-refractivity contribution is 0.102. The first kappa shape index (κ1) is 10.2. The van der Waals surface area contributed by atoms with Crippen LogP contribution in [0.25, 0.3) is 0 Å². The Hall–Kier alpha value is -2.37. The largest absolute Gasteiger partial charge is 0.396 e. The van der Waals surface area contributed by atoms with E-state index in [1.165, 1.54) is 6.20 Å². The molecule has 0 radical (unpaired) electrons. The van der Waals surface area contributed by atoms with E-state index in [1.54, 1.807) is 36.4 Å². The van der Waals surface area contributed by atoms with Gasteiger partial charge in [-0.05, 0) is 6.07 Å². The molecule has 0 aromatic carbocycles. The zero-order chi connectivity index (χ0) is 11.5. The molecule has 3 N–H and O–H groups in total. The van der Waals surface area contributed by atoms with E-state index in [0.717, 1.165) is 0 Å². The van der Waals surface area contributed by atoms with Crippen LogP contribution in [-0.4, -0.2) is 20.4 Å². The minimum Gasteiger partial charge on any atom is -0.396 e. The van der Waals surface area contributed by atoms with Crippen LogP contribution in [0.3, 0.4) is 0 Å². The Kier molecular flexibility index (Phi) is 2.55. The average molecular weight is 217 g/mol. The number of carbonyl (C=O) groups excluding carboxylic acids is 1. The molecule has 0 atom stereocenters. The van der Waals surface area contributed by atoms with Crippen molar-refractivity contribution >= 4 is 17.3 Å². The molecule has 16 heavy (non-hydrogen) atoms. The van der Waals surface area contributed by atoms with Gasteiger partial charge in [-0.1, -0.05) is 0 Å². The number of pyridine rings is 1. The number of nitrogen functional groups attached to an aromatic ring is 1. The second-order valence-electron chi connectivity index (χ2n) is 3.34. The van der Waals surface area contributed by atoms with Crippen molar-refractivity contribution < 1.29 is 4.79 Å². The lowest BCUT2D eigenvalue weighted by Crippen LogP contribution is -2.13. The molecule has 0 saturated carbocycles. The molecule has 0 aliphatic heterocycles. The zero-order valence-electron chi connectivity index (χ0n) is 8.71. The Labute approximate surface area is 92.1 Å². The highest BCUT2D eigenvalue weighted by Gasteiger charge is 2.09. The summed E-state index contributed by atoms with van der Waals surface area (Å²) >= 11 is 0. The van der Waals surface area contributed by atoms with Crippen LogP contribution in [0.15, 0.2) is 31.0 Å². The molecule has 0 aliphatic rings. The SMILES string of the molecule is Cn1cnc(C(=O)Nc2ccncc2N)c1.